The van der Waals surface area contributed by atoms with Crippen LogP contribution in [0, 0.1) is 0 Å². The average molecular weight is 688 g/mol. The first kappa shape index (κ1) is 28.6. The van der Waals surface area contributed by atoms with E-state index in [1.807, 2.05) is 35.6 Å². The van der Waals surface area contributed by atoms with E-state index in [0.717, 1.165) is 97.6 Å². The molecule has 2 bridgehead atoms. The summed E-state index contributed by atoms with van der Waals surface area (Å²) in [4.78, 5) is 19.2. The Balaban J connectivity index is 1.23. The highest BCUT2D eigenvalue weighted by atomic mass is 32.1. The molecule has 0 fully saturated rings. The van der Waals surface area contributed by atoms with E-state index in [1.54, 1.807) is 0 Å². The van der Waals surface area contributed by atoms with Crippen molar-refractivity contribution < 1.29 is 8.83 Å². The van der Waals surface area contributed by atoms with Crippen molar-refractivity contribution in [2.75, 3.05) is 0 Å². The van der Waals surface area contributed by atoms with Gasteiger partial charge in [0, 0.05) is 42.4 Å². The van der Waals surface area contributed by atoms with Crippen molar-refractivity contribution in [1.29, 1.82) is 0 Å². The van der Waals surface area contributed by atoms with Crippen LogP contribution in [-0.4, -0.2) is 15.0 Å². The first-order valence-electron chi connectivity index (χ1n) is 17.9. The van der Waals surface area contributed by atoms with Gasteiger partial charge in [0.15, 0.2) is 17.5 Å². The predicted molar refractivity (Wildman–Crippen MR) is 210 cm³/mol. The molecule has 2 aliphatic carbocycles. The summed E-state index contributed by atoms with van der Waals surface area (Å²) in [5, 5.41) is 4.26. The van der Waals surface area contributed by atoms with Gasteiger partial charge in [-0.25, -0.2) is 15.0 Å². The van der Waals surface area contributed by atoms with E-state index in [9.17, 15) is 0 Å². The molecule has 1 unspecified atom stereocenters. The molecule has 246 valence electrons. The number of furan rings is 2. The van der Waals surface area contributed by atoms with E-state index < -0.39 is 5.41 Å². The monoisotopic (exact) mass is 687 g/mol. The molecule has 0 saturated carbocycles. The van der Waals surface area contributed by atoms with Gasteiger partial charge in [-0.1, -0.05) is 84.9 Å². The Labute approximate surface area is 302 Å². The first-order chi connectivity index (χ1) is 25.7. The number of benzene rings is 5. The summed E-state index contributed by atoms with van der Waals surface area (Å²) in [5.74, 6) is 2.01. The number of hydrogen-bond acceptors (Lipinski definition) is 6. The van der Waals surface area contributed by atoms with Crippen LogP contribution in [0.15, 0.2) is 130 Å². The first-order valence-corrected chi connectivity index (χ1v) is 18.8. The number of fused-ring (bicyclic) bond motifs is 9. The van der Waals surface area contributed by atoms with Gasteiger partial charge in [-0.05, 0) is 96.0 Å². The molecule has 1 atom stereocenters. The fourth-order valence-electron chi connectivity index (χ4n) is 9.12. The Bertz CT molecular complexity index is 3040. The molecule has 0 radical (unpaired) electrons. The molecule has 5 nitrogen and oxygen atoms in total. The Kier molecular flexibility index (Phi) is 5.75. The van der Waals surface area contributed by atoms with Gasteiger partial charge in [-0.15, -0.1) is 11.3 Å². The van der Waals surface area contributed by atoms with Crippen LogP contribution in [0.25, 0.3) is 78.8 Å². The van der Waals surface area contributed by atoms with Crippen LogP contribution in [0.3, 0.4) is 0 Å². The van der Waals surface area contributed by atoms with Crippen LogP contribution < -0.4 is 0 Å². The second kappa shape index (κ2) is 10.5. The summed E-state index contributed by atoms with van der Waals surface area (Å²) in [6.45, 7) is 0. The lowest BCUT2D eigenvalue weighted by Crippen LogP contribution is -2.36. The average Bonchev–Trinajstić information content (AvgIpc) is 3.89. The van der Waals surface area contributed by atoms with Crippen LogP contribution in [0.4, 0.5) is 0 Å². The molecule has 0 N–H and O–H groups in total. The maximum Gasteiger partial charge on any atom is 0.164 e. The highest BCUT2D eigenvalue weighted by molar-refractivity contribution is 7.13. The normalized spacial score (nSPS) is 17.4. The van der Waals surface area contributed by atoms with Crippen molar-refractivity contribution in [2.45, 2.75) is 31.1 Å². The van der Waals surface area contributed by atoms with Crippen molar-refractivity contribution in [3.05, 3.63) is 159 Å². The lowest BCUT2D eigenvalue weighted by atomic mass is 9.64. The van der Waals surface area contributed by atoms with Crippen molar-refractivity contribution in [2.24, 2.45) is 0 Å². The maximum atomic E-state index is 6.66. The summed E-state index contributed by atoms with van der Waals surface area (Å²) < 4.78 is 12.9. The number of aryl methyl sites for hydroxylation is 1. The fourth-order valence-corrected chi connectivity index (χ4v) is 10.4. The van der Waals surface area contributed by atoms with E-state index in [1.165, 1.54) is 26.5 Å². The van der Waals surface area contributed by atoms with Crippen LogP contribution >= 0.6 is 11.3 Å². The minimum Gasteiger partial charge on any atom is -0.456 e. The minimum absolute atomic E-state index is 0.638. The lowest BCUT2D eigenvalue weighted by molar-refractivity contribution is 0.632. The smallest absolute Gasteiger partial charge is 0.164 e. The van der Waals surface area contributed by atoms with Gasteiger partial charge in [0.1, 0.15) is 27.7 Å². The topological polar surface area (TPSA) is 65.0 Å². The molecule has 5 aromatic carbocycles. The molecule has 12 rings (SSSR count). The maximum absolute atomic E-state index is 6.66. The zero-order chi connectivity index (χ0) is 34.0. The number of thiophene rings is 1. The van der Waals surface area contributed by atoms with Gasteiger partial charge in [0.2, 0.25) is 0 Å². The van der Waals surface area contributed by atoms with Crippen molar-refractivity contribution in [1.82, 2.24) is 15.0 Å². The van der Waals surface area contributed by atoms with Crippen molar-refractivity contribution in [3.8, 4) is 22.8 Å². The highest BCUT2D eigenvalue weighted by Gasteiger charge is 2.47. The zero-order valence-electron chi connectivity index (χ0n) is 28.0. The van der Waals surface area contributed by atoms with Crippen LogP contribution in [0.2, 0.25) is 0 Å². The summed E-state index contributed by atoms with van der Waals surface area (Å²) in [6.07, 6.45) is 11.1. The fraction of sp³-hybridized carbons (Fsp3) is 0.109. The quantitative estimate of drug-likeness (QED) is 0.185. The second-order valence-electron chi connectivity index (χ2n) is 14.1. The number of rotatable bonds is 3. The third kappa shape index (κ3) is 3.79. The summed E-state index contributed by atoms with van der Waals surface area (Å²) in [7, 11) is 0. The van der Waals surface area contributed by atoms with E-state index in [4.69, 9.17) is 23.8 Å². The van der Waals surface area contributed by atoms with Gasteiger partial charge < -0.3 is 8.83 Å². The number of para-hydroxylation sites is 1. The lowest BCUT2D eigenvalue weighted by Gasteiger charge is -2.39. The SMILES string of the molecule is C1=Cc2sc3c(c2CC1)C=C(C1(c2ccccc2)c2nc(-c4ccc5oc6ccccc6c5c4)nc(n2)-c2cccc4oc5cccc1c5c24)CC3. The zero-order valence-corrected chi connectivity index (χ0v) is 28.8. The summed E-state index contributed by atoms with van der Waals surface area (Å²) in [6, 6.07) is 38.1. The van der Waals surface area contributed by atoms with Gasteiger partial charge in [0.25, 0.3) is 0 Å². The molecule has 4 aromatic heterocycles. The molecule has 0 spiro atoms. The second-order valence-corrected chi connectivity index (χ2v) is 15.2. The number of aromatic nitrogens is 3. The van der Waals surface area contributed by atoms with E-state index in [-0.39, 0.29) is 0 Å². The van der Waals surface area contributed by atoms with Gasteiger partial charge in [0.05, 0.1) is 0 Å². The molecule has 0 saturated heterocycles. The Morgan fingerprint density at radius 1 is 0.635 bits per heavy atom. The third-order valence-corrected chi connectivity index (χ3v) is 12.7. The number of allylic oxidation sites excluding steroid dienone is 2. The summed E-state index contributed by atoms with van der Waals surface area (Å²) >= 11 is 1.96. The standard InChI is InChI=1S/C46H29N3O2S/c1-2-10-27(11-3-1)46(28-21-23-40-33(25-28)30-13-5-7-19-39(30)52-40)34-15-9-18-38-42(34)41-31(14-8-17-37(41)51-38)44-47-43(48-45(46)49-44)26-20-22-36-32(24-26)29-12-4-6-16-35(29)50-36/h1-4,6-12,14-20,22,24-25H,5,13,21,23H2. The Hall–Kier alpha value is -6.11. The largest absolute Gasteiger partial charge is 0.456 e. The molecule has 9 aromatic rings. The molecule has 3 aliphatic rings. The minimum atomic E-state index is -0.818. The molecule has 5 heterocycles. The summed E-state index contributed by atoms with van der Waals surface area (Å²) in [5.41, 5.74) is 10.9. The van der Waals surface area contributed by atoms with Crippen molar-refractivity contribution >= 4 is 67.4 Å². The van der Waals surface area contributed by atoms with Crippen LogP contribution in [0.1, 0.15) is 50.7 Å². The Morgan fingerprint density at radius 2 is 1.42 bits per heavy atom. The molecule has 52 heavy (non-hydrogen) atoms. The van der Waals surface area contributed by atoms with Gasteiger partial charge in [-0.3, -0.25) is 0 Å². The van der Waals surface area contributed by atoms with Crippen LogP contribution in [-0.2, 0) is 18.3 Å². The number of nitrogens with zero attached hydrogens (tertiary/aromatic N) is 3. The van der Waals surface area contributed by atoms with E-state index in [2.05, 4.69) is 103 Å². The molecular formula is C46H29N3O2S. The van der Waals surface area contributed by atoms with E-state index >= 15 is 0 Å². The highest BCUT2D eigenvalue weighted by Crippen LogP contribution is 2.54. The van der Waals surface area contributed by atoms with Gasteiger partial charge >= 0.3 is 0 Å². The van der Waals surface area contributed by atoms with Gasteiger partial charge in [-0.2, -0.15) is 0 Å². The molecule has 0 amide bonds. The molecule has 6 heteroatoms. The predicted octanol–water partition coefficient (Wildman–Crippen LogP) is 11.7. The van der Waals surface area contributed by atoms with E-state index in [0.29, 0.717) is 11.6 Å². The van der Waals surface area contributed by atoms with Crippen LogP contribution in [0.5, 0.6) is 0 Å². The number of hydrogen-bond donors (Lipinski definition) is 0. The Morgan fingerprint density at radius 3 is 2.37 bits per heavy atom. The molecule has 1 aliphatic heterocycles. The molecular weight excluding hydrogens is 659 g/mol. The van der Waals surface area contributed by atoms with Crippen molar-refractivity contribution in [3.63, 3.8) is 0 Å². The third-order valence-electron chi connectivity index (χ3n) is 11.4.